The summed E-state index contributed by atoms with van der Waals surface area (Å²) in [5.74, 6) is 0.780. The van der Waals surface area contributed by atoms with E-state index in [0.717, 1.165) is 18.9 Å². The molecule has 2 heteroatoms. The average molecular weight is 224 g/mol. The van der Waals surface area contributed by atoms with Crippen LogP contribution in [0.25, 0.3) is 0 Å². The summed E-state index contributed by atoms with van der Waals surface area (Å²) in [7, 11) is 0. The molecule has 0 amide bonds. The van der Waals surface area contributed by atoms with Gasteiger partial charge in [-0.25, -0.2) is 0 Å². The van der Waals surface area contributed by atoms with Crippen molar-refractivity contribution in [2.24, 2.45) is 5.92 Å². The fourth-order valence-electron chi connectivity index (χ4n) is 2.67. The maximum atomic E-state index is 3.85. The maximum Gasteiger partial charge on any atom is 0.0198 e. The minimum atomic E-state index is 0.629. The number of piperazine rings is 1. The van der Waals surface area contributed by atoms with Crippen molar-refractivity contribution >= 4 is 0 Å². The fourth-order valence-corrected chi connectivity index (χ4v) is 2.67. The van der Waals surface area contributed by atoms with Crippen LogP contribution in [0.5, 0.6) is 0 Å². The molecule has 1 rings (SSSR count). The molecule has 16 heavy (non-hydrogen) atoms. The summed E-state index contributed by atoms with van der Waals surface area (Å²) in [6.45, 7) is 15.4. The van der Waals surface area contributed by atoms with Crippen molar-refractivity contribution in [3.63, 3.8) is 0 Å². The van der Waals surface area contributed by atoms with Crippen LogP contribution >= 0.6 is 0 Å². The van der Waals surface area contributed by atoms with E-state index in [1.54, 1.807) is 0 Å². The first-order valence-electron chi connectivity index (χ1n) is 6.64. The highest BCUT2D eigenvalue weighted by molar-refractivity contribution is 4.89. The van der Waals surface area contributed by atoms with Crippen LogP contribution in [0.4, 0.5) is 0 Å². The minimum Gasteiger partial charge on any atom is -0.311 e. The molecule has 1 aliphatic heterocycles. The molecule has 0 aliphatic carbocycles. The van der Waals surface area contributed by atoms with Gasteiger partial charge in [0.25, 0.3) is 0 Å². The monoisotopic (exact) mass is 224 g/mol. The van der Waals surface area contributed by atoms with Crippen LogP contribution in [-0.4, -0.2) is 36.1 Å². The van der Waals surface area contributed by atoms with Gasteiger partial charge in [0, 0.05) is 31.2 Å². The van der Waals surface area contributed by atoms with Gasteiger partial charge in [-0.15, -0.1) is 6.58 Å². The normalized spacial score (nSPS) is 29.3. The third kappa shape index (κ3) is 3.91. The van der Waals surface area contributed by atoms with E-state index in [4.69, 9.17) is 0 Å². The van der Waals surface area contributed by atoms with Crippen molar-refractivity contribution in [1.82, 2.24) is 10.2 Å². The number of hydrogen-bond donors (Lipinski definition) is 1. The predicted molar refractivity (Wildman–Crippen MR) is 71.7 cm³/mol. The summed E-state index contributed by atoms with van der Waals surface area (Å²) in [6, 6.07) is 1.95. The van der Waals surface area contributed by atoms with Crippen LogP contribution in [0.1, 0.15) is 40.5 Å². The number of nitrogens with zero attached hydrogens (tertiary/aromatic N) is 1. The van der Waals surface area contributed by atoms with E-state index in [9.17, 15) is 0 Å². The first-order chi connectivity index (χ1) is 7.54. The van der Waals surface area contributed by atoms with E-state index in [1.165, 1.54) is 13.0 Å². The molecule has 0 spiro atoms. The molecule has 2 nitrogen and oxygen atoms in total. The summed E-state index contributed by atoms with van der Waals surface area (Å²) in [4.78, 5) is 2.63. The molecule has 0 saturated carbocycles. The highest BCUT2D eigenvalue weighted by Crippen LogP contribution is 2.17. The second-order valence-electron chi connectivity index (χ2n) is 5.65. The Kier molecular flexibility index (Phi) is 5.50. The molecule has 1 aliphatic rings. The minimum absolute atomic E-state index is 0.629. The van der Waals surface area contributed by atoms with Gasteiger partial charge in [0.15, 0.2) is 0 Å². The molecule has 1 N–H and O–H groups in total. The van der Waals surface area contributed by atoms with Crippen LogP contribution in [0, 0.1) is 5.92 Å². The van der Waals surface area contributed by atoms with Gasteiger partial charge in [-0.05, 0) is 32.6 Å². The predicted octanol–water partition coefficient (Wildman–Crippen LogP) is 2.66. The summed E-state index contributed by atoms with van der Waals surface area (Å²) in [5.41, 5.74) is 0. The molecular formula is C14H28N2. The van der Waals surface area contributed by atoms with Gasteiger partial charge < -0.3 is 5.32 Å². The van der Waals surface area contributed by atoms with E-state index in [-0.39, 0.29) is 0 Å². The zero-order chi connectivity index (χ0) is 12.1. The Bertz CT molecular complexity index is 213. The second-order valence-corrected chi connectivity index (χ2v) is 5.65. The molecular weight excluding hydrogens is 196 g/mol. The lowest BCUT2D eigenvalue weighted by Crippen LogP contribution is -2.58. The van der Waals surface area contributed by atoms with E-state index >= 15 is 0 Å². The average Bonchev–Trinajstić information content (AvgIpc) is 2.20. The summed E-state index contributed by atoms with van der Waals surface area (Å²) in [6.07, 6.45) is 4.42. The smallest absolute Gasteiger partial charge is 0.0198 e. The third-order valence-electron chi connectivity index (χ3n) is 3.53. The van der Waals surface area contributed by atoms with Crippen molar-refractivity contribution in [1.29, 1.82) is 0 Å². The zero-order valence-corrected chi connectivity index (χ0v) is 11.4. The van der Waals surface area contributed by atoms with Gasteiger partial charge in [-0.2, -0.15) is 0 Å². The Labute approximate surface area is 101 Å². The number of hydrogen-bond acceptors (Lipinski definition) is 2. The van der Waals surface area contributed by atoms with Crippen molar-refractivity contribution in [3.8, 4) is 0 Å². The Hall–Kier alpha value is -0.340. The van der Waals surface area contributed by atoms with Crippen molar-refractivity contribution in [2.45, 2.75) is 58.7 Å². The topological polar surface area (TPSA) is 15.3 Å². The largest absolute Gasteiger partial charge is 0.311 e. The molecule has 0 bridgehead atoms. The molecule has 3 unspecified atom stereocenters. The van der Waals surface area contributed by atoms with E-state index < -0.39 is 0 Å². The van der Waals surface area contributed by atoms with Crippen LogP contribution in [-0.2, 0) is 0 Å². The summed E-state index contributed by atoms with van der Waals surface area (Å²) in [5, 5.41) is 3.66. The van der Waals surface area contributed by atoms with Gasteiger partial charge >= 0.3 is 0 Å². The summed E-state index contributed by atoms with van der Waals surface area (Å²) >= 11 is 0. The molecule has 1 fully saturated rings. The van der Waals surface area contributed by atoms with Gasteiger partial charge in [0.05, 0.1) is 0 Å². The van der Waals surface area contributed by atoms with Gasteiger partial charge in [-0.3, -0.25) is 4.90 Å². The number of rotatable bonds is 5. The van der Waals surface area contributed by atoms with Crippen molar-refractivity contribution in [2.75, 3.05) is 13.1 Å². The summed E-state index contributed by atoms with van der Waals surface area (Å²) < 4.78 is 0. The Balaban J connectivity index is 2.50. The number of nitrogens with one attached hydrogen (secondary N) is 1. The van der Waals surface area contributed by atoms with Crippen LogP contribution in [0.2, 0.25) is 0 Å². The Morgan fingerprint density at radius 2 is 2.12 bits per heavy atom. The Morgan fingerprint density at radius 1 is 1.44 bits per heavy atom. The first-order valence-corrected chi connectivity index (χ1v) is 6.64. The second kappa shape index (κ2) is 6.41. The molecule has 0 aromatic carbocycles. The lowest BCUT2D eigenvalue weighted by molar-refractivity contribution is 0.0935. The van der Waals surface area contributed by atoms with Crippen molar-refractivity contribution < 1.29 is 0 Å². The highest BCUT2D eigenvalue weighted by atomic mass is 15.2. The zero-order valence-electron chi connectivity index (χ0n) is 11.4. The van der Waals surface area contributed by atoms with Crippen molar-refractivity contribution in [3.05, 3.63) is 12.7 Å². The van der Waals surface area contributed by atoms with Gasteiger partial charge in [0.2, 0.25) is 0 Å². The molecule has 3 atom stereocenters. The van der Waals surface area contributed by atoms with Crippen LogP contribution in [0.15, 0.2) is 12.7 Å². The van der Waals surface area contributed by atoms with E-state index in [0.29, 0.717) is 18.1 Å². The quantitative estimate of drug-likeness (QED) is 0.722. The van der Waals surface area contributed by atoms with E-state index in [1.807, 2.05) is 6.08 Å². The molecule has 1 saturated heterocycles. The lowest BCUT2D eigenvalue weighted by atomic mass is 9.98. The van der Waals surface area contributed by atoms with Crippen LogP contribution in [0.3, 0.4) is 0 Å². The lowest BCUT2D eigenvalue weighted by Gasteiger charge is -2.42. The third-order valence-corrected chi connectivity index (χ3v) is 3.53. The SMILES string of the molecule is C=CCC(C)N1CC(CC(C)C)NCC1C. The van der Waals surface area contributed by atoms with Gasteiger partial charge in [-0.1, -0.05) is 19.9 Å². The maximum absolute atomic E-state index is 3.85. The highest BCUT2D eigenvalue weighted by Gasteiger charge is 2.27. The van der Waals surface area contributed by atoms with Gasteiger partial charge in [0.1, 0.15) is 0 Å². The fraction of sp³-hybridized carbons (Fsp3) is 0.857. The van der Waals surface area contributed by atoms with Crippen LogP contribution < -0.4 is 5.32 Å². The molecule has 0 radical (unpaired) electrons. The van der Waals surface area contributed by atoms with E-state index in [2.05, 4.69) is 44.5 Å². The molecule has 0 aromatic rings. The molecule has 0 aromatic heterocycles. The Morgan fingerprint density at radius 3 is 2.69 bits per heavy atom. The first kappa shape index (κ1) is 13.7. The molecule has 94 valence electrons. The molecule has 1 heterocycles. The standard InChI is InChI=1S/C14H28N2/c1-6-7-12(4)16-10-14(8-11(2)3)15-9-13(16)5/h6,11-15H,1,7-10H2,2-5H3.